The van der Waals surface area contributed by atoms with E-state index in [9.17, 15) is 4.79 Å². The Morgan fingerprint density at radius 2 is 1.33 bits per heavy atom. The van der Waals surface area contributed by atoms with Gasteiger partial charge in [-0.3, -0.25) is 4.79 Å². The lowest BCUT2D eigenvalue weighted by atomic mass is 10.0. The Labute approximate surface area is 204 Å². The van der Waals surface area contributed by atoms with E-state index in [1.165, 1.54) is 31.3 Å². The fourth-order valence-corrected chi connectivity index (χ4v) is 3.55. The summed E-state index contributed by atoms with van der Waals surface area (Å²) in [5.41, 5.74) is 12.9. The highest BCUT2D eigenvalue weighted by molar-refractivity contribution is 5.81. The van der Waals surface area contributed by atoms with Crippen LogP contribution in [0.4, 0.5) is 0 Å². The maximum absolute atomic E-state index is 12.1. The minimum absolute atomic E-state index is 0.0169. The molecule has 0 unspecified atom stereocenters. The van der Waals surface area contributed by atoms with Crippen molar-refractivity contribution in [2.45, 2.75) is 91.0 Å². The molecule has 0 aliphatic heterocycles. The van der Waals surface area contributed by atoms with Crippen LogP contribution < -0.4 is 32.7 Å². The van der Waals surface area contributed by atoms with Crippen LogP contribution in [0.5, 0.6) is 0 Å². The predicted octanol–water partition coefficient (Wildman–Crippen LogP) is 2.66. The number of carbonyl (C=O) groups is 1. The third kappa shape index (κ3) is 24.0. The predicted molar refractivity (Wildman–Crippen MR) is 143 cm³/mol. The molecule has 0 aromatic carbocycles. The topological polar surface area (TPSA) is 117 Å². The summed E-state index contributed by atoms with van der Waals surface area (Å²) in [5.74, 6) is 0.742. The highest BCUT2D eigenvalue weighted by Gasteiger charge is 2.11. The molecule has 2 atom stereocenters. The zero-order valence-electron chi connectivity index (χ0n) is 22.0. The van der Waals surface area contributed by atoms with Gasteiger partial charge in [0.25, 0.3) is 0 Å². The van der Waals surface area contributed by atoms with E-state index in [-0.39, 0.29) is 11.9 Å². The highest BCUT2D eigenvalue weighted by Crippen LogP contribution is 2.11. The third-order valence-corrected chi connectivity index (χ3v) is 5.83. The molecular formula is C26H56N6O. The molecule has 0 spiro atoms. The molecule has 0 aromatic heterocycles. The molecule has 0 aliphatic carbocycles. The van der Waals surface area contributed by atoms with Gasteiger partial charge in [0.1, 0.15) is 0 Å². The van der Waals surface area contributed by atoms with Crippen molar-refractivity contribution in [3.05, 3.63) is 11.6 Å². The Morgan fingerprint density at radius 1 is 0.758 bits per heavy atom. The molecule has 196 valence electrons. The number of nitrogens with one attached hydrogen (secondary N) is 4. The first-order valence-electron chi connectivity index (χ1n) is 13.5. The molecule has 0 radical (unpaired) electrons. The molecule has 0 saturated carbocycles. The van der Waals surface area contributed by atoms with Crippen molar-refractivity contribution >= 4 is 5.91 Å². The van der Waals surface area contributed by atoms with E-state index in [0.29, 0.717) is 6.54 Å². The van der Waals surface area contributed by atoms with Crippen LogP contribution in [-0.4, -0.2) is 64.3 Å². The number of amides is 1. The standard InChI is InChI=1S/C26H56N6O/c1-23(2)11-8-12-24(3)14-22-31-16-5-4-13-25(28)26(33)32-21-10-20-30-18-7-6-17-29-19-9-15-27/h11,24-25,29-31H,4-10,12-22,27-28H2,1-3H3,(H,32,33)/t24-,25+/m0/s1. The minimum atomic E-state index is -0.389. The number of hydrogen-bond donors (Lipinski definition) is 6. The summed E-state index contributed by atoms with van der Waals surface area (Å²) >= 11 is 0. The van der Waals surface area contributed by atoms with Crippen molar-refractivity contribution in [1.82, 2.24) is 21.3 Å². The largest absolute Gasteiger partial charge is 0.355 e. The first-order chi connectivity index (χ1) is 16.0. The number of unbranched alkanes of at least 4 members (excludes halogenated alkanes) is 2. The van der Waals surface area contributed by atoms with Gasteiger partial charge in [-0.15, -0.1) is 0 Å². The average molecular weight is 469 g/mol. The van der Waals surface area contributed by atoms with Crippen LogP contribution >= 0.6 is 0 Å². The Balaban J connectivity index is 3.42. The quantitative estimate of drug-likeness (QED) is 0.0958. The van der Waals surface area contributed by atoms with Crippen LogP contribution in [0, 0.1) is 5.92 Å². The summed E-state index contributed by atoms with van der Waals surface area (Å²) in [5, 5.41) is 13.3. The van der Waals surface area contributed by atoms with Crippen molar-refractivity contribution in [2.75, 3.05) is 52.4 Å². The average Bonchev–Trinajstić information content (AvgIpc) is 2.78. The van der Waals surface area contributed by atoms with E-state index in [4.69, 9.17) is 11.5 Å². The second kappa shape index (κ2) is 24.1. The van der Waals surface area contributed by atoms with E-state index < -0.39 is 0 Å². The maximum atomic E-state index is 12.1. The number of carbonyl (C=O) groups excluding carboxylic acids is 1. The lowest BCUT2D eigenvalue weighted by Gasteiger charge is -2.13. The summed E-state index contributed by atoms with van der Waals surface area (Å²) in [6, 6.07) is -0.389. The van der Waals surface area contributed by atoms with Crippen LogP contribution in [0.25, 0.3) is 0 Å². The first kappa shape index (κ1) is 32.0. The zero-order chi connectivity index (χ0) is 24.6. The van der Waals surface area contributed by atoms with Gasteiger partial charge in [-0.25, -0.2) is 0 Å². The Hall–Kier alpha value is -0.990. The Bertz CT molecular complexity index is 468. The Kier molecular flexibility index (Phi) is 23.4. The lowest BCUT2D eigenvalue weighted by molar-refractivity contribution is -0.122. The molecule has 1 amide bonds. The molecule has 7 nitrogen and oxygen atoms in total. The number of hydrogen-bond acceptors (Lipinski definition) is 6. The van der Waals surface area contributed by atoms with Gasteiger partial charge in [0.15, 0.2) is 0 Å². The lowest BCUT2D eigenvalue weighted by Crippen LogP contribution is -2.41. The molecule has 7 heteroatoms. The molecule has 0 bridgehead atoms. The van der Waals surface area contributed by atoms with Gasteiger partial charge in [0.05, 0.1) is 6.04 Å². The first-order valence-corrected chi connectivity index (χ1v) is 13.5. The van der Waals surface area contributed by atoms with Gasteiger partial charge in [0.2, 0.25) is 5.91 Å². The van der Waals surface area contributed by atoms with Crippen LogP contribution in [0.1, 0.15) is 85.0 Å². The molecule has 0 aliphatic rings. The SMILES string of the molecule is CC(C)=CCC[C@H](C)CCNCCCC[C@@H](N)C(=O)NCCCNCCCCNCCCN. The van der Waals surface area contributed by atoms with E-state index in [1.807, 2.05) is 0 Å². The highest BCUT2D eigenvalue weighted by atomic mass is 16.2. The van der Waals surface area contributed by atoms with Crippen LogP contribution in [0.15, 0.2) is 11.6 Å². The van der Waals surface area contributed by atoms with Gasteiger partial charge in [0, 0.05) is 6.54 Å². The minimum Gasteiger partial charge on any atom is -0.355 e. The fraction of sp³-hybridized carbons (Fsp3) is 0.885. The monoisotopic (exact) mass is 468 g/mol. The fourth-order valence-electron chi connectivity index (χ4n) is 3.55. The zero-order valence-corrected chi connectivity index (χ0v) is 22.0. The summed E-state index contributed by atoms with van der Waals surface area (Å²) in [7, 11) is 0. The molecule has 0 rings (SSSR count). The van der Waals surface area contributed by atoms with Crippen molar-refractivity contribution in [3.8, 4) is 0 Å². The number of rotatable bonds is 24. The van der Waals surface area contributed by atoms with Crippen molar-refractivity contribution in [3.63, 3.8) is 0 Å². The van der Waals surface area contributed by atoms with Gasteiger partial charge in [-0.1, -0.05) is 25.0 Å². The van der Waals surface area contributed by atoms with E-state index in [1.54, 1.807) is 0 Å². The van der Waals surface area contributed by atoms with Crippen molar-refractivity contribution in [2.24, 2.45) is 17.4 Å². The van der Waals surface area contributed by atoms with Crippen molar-refractivity contribution in [1.29, 1.82) is 0 Å². The normalized spacial score (nSPS) is 13.0. The number of nitrogens with two attached hydrogens (primary N) is 2. The maximum Gasteiger partial charge on any atom is 0.236 e. The summed E-state index contributed by atoms with van der Waals surface area (Å²) in [6.45, 7) is 14.2. The second-order valence-corrected chi connectivity index (χ2v) is 9.60. The van der Waals surface area contributed by atoms with Gasteiger partial charge >= 0.3 is 0 Å². The van der Waals surface area contributed by atoms with Crippen LogP contribution in [-0.2, 0) is 4.79 Å². The molecular weight excluding hydrogens is 412 g/mol. The summed E-state index contributed by atoms with van der Waals surface area (Å²) < 4.78 is 0. The molecule has 8 N–H and O–H groups in total. The molecule has 0 heterocycles. The van der Waals surface area contributed by atoms with Crippen LogP contribution in [0.3, 0.4) is 0 Å². The van der Waals surface area contributed by atoms with Gasteiger partial charge in [-0.05, 0) is 123 Å². The smallest absolute Gasteiger partial charge is 0.236 e. The van der Waals surface area contributed by atoms with Crippen LogP contribution in [0.2, 0.25) is 0 Å². The number of allylic oxidation sites excluding steroid dienone is 2. The summed E-state index contributed by atoms with van der Waals surface area (Å²) in [4.78, 5) is 12.1. The van der Waals surface area contributed by atoms with E-state index in [0.717, 1.165) is 90.3 Å². The van der Waals surface area contributed by atoms with E-state index in [2.05, 4.69) is 48.1 Å². The second-order valence-electron chi connectivity index (χ2n) is 9.60. The van der Waals surface area contributed by atoms with E-state index >= 15 is 0 Å². The Morgan fingerprint density at radius 3 is 1.97 bits per heavy atom. The molecule has 0 fully saturated rings. The summed E-state index contributed by atoms with van der Waals surface area (Å²) in [6.07, 6.45) is 13.1. The third-order valence-electron chi connectivity index (χ3n) is 5.83. The van der Waals surface area contributed by atoms with Crippen molar-refractivity contribution < 1.29 is 4.79 Å². The molecule has 0 aromatic rings. The molecule has 33 heavy (non-hydrogen) atoms. The van der Waals surface area contributed by atoms with Gasteiger partial charge in [-0.2, -0.15) is 0 Å². The van der Waals surface area contributed by atoms with Gasteiger partial charge < -0.3 is 32.7 Å². The molecule has 0 saturated heterocycles.